The predicted octanol–water partition coefficient (Wildman–Crippen LogP) is 1.93. The summed E-state index contributed by atoms with van der Waals surface area (Å²) in [5.74, 6) is -0.803. The fourth-order valence-corrected chi connectivity index (χ4v) is 2.06. The maximum Gasteiger partial charge on any atom is 0.303 e. The Bertz CT molecular complexity index is 478. The molecule has 0 amide bonds. The predicted molar refractivity (Wildman–Crippen MR) is 70.0 cm³/mol. The summed E-state index contributed by atoms with van der Waals surface area (Å²) in [6.45, 7) is 0. The highest BCUT2D eigenvalue weighted by Crippen LogP contribution is 2.45. The molecule has 106 valence electrons. The van der Waals surface area contributed by atoms with E-state index in [1.807, 2.05) is 0 Å². The Labute approximate surface area is 115 Å². The molecular formula is C12H16ClNO5. The Morgan fingerprint density at radius 3 is 2.58 bits per heavy atom. The van der Waals surface area contributed by atoms with Crippen LogP contribution < -0.4 is 15.2 Å². The Hall–Kier alpha value is -1.66. The number of ether oxygens (including phenoxy) is 2. The normalized spacial score (nSPS) is 12.0. The van der Waals surface area contributed by atoms with E-state index in [-0.39, 0.29) is 40.7 Å². The van der Waals surface area contributed by atoms with Crippen LogP contribution in [0.3, 0.4) is 0 Å². The second-order valence-electron chi connectivity index (χ2n) is 3.90. The van der Waals surface area contributed by atoms with Crippen LogP contribution >= 0.6 is 11.6 Å². The van der Waals surface area contributed by atoms with E-state index >= 15 is 0 Å². The number of benzene rings is 1. The van der Waals surface area contributed by atoms with E-state index in [1.54, 1.807) is 0 Å². The summed E-state index contributed by atoms with van der Waals surface area (Å²) in [7, 11) is 2.79. The van der Waals surface area contributed by atoms with Gasteiger partial charge in [0.1, 0.15) is 0 Å². The highest BCUT2D eigenvalue weighted by atomic mass is 35.5. The van der Waals surface area contributed by atoms with E-state index in [1.165, 1.54) is 20.3 Å². The molecule has 0 heterocycles. The summed E-state index contributed by atoms with van der Waals surface area (Å²) in [6.07, 6.45) is 0.0311. The van der Waals surface area contributed by atoms with Crippen LogP contribution in [0.25, 0.3) is 0 Å². The molecule has 0 radical (unpaired) electrons. The summed E-state index contributed by atoms with van der Waals surface area (Å²) in [5, 5.41) is 18.9. The Morgan fingerprint density at radius 2 is 2.11 bits per heavy atom. The molecule has 1 atom stereocenters. The van der Waals surface area contributed by atoms with Crippen LogP contribution in [0.1, 0.15) is 24.4 Å². The summed E-state index contributed by atoms with van der Waals surface area (Å²) in [6, 6.07) is 0.763. The fraction of sp³-hybridized carbons (Fsp3) is 0.417. The van der Waals surface area contributed by atoms with Gasteiger partial charge >= 0.3 is 5.97 Å². The van der Waals surface area contributed by atoms with Crippen molar-refractivity contribution in [1.82, 2.24) is 0 Å². The minimum absolute atomic E-state index is 0.118. The first kappa shape index (κ1) is 15.4. The molecule has 0 aromatic heterocycles. The lowest BCUT2D eigenvalue weighted by Crippen LogP contribution is -2.13. The average molecular weight is 290 g/mol. The standard InChI is InChI=1S/C12H16ClNO5/c1-18-8-5-6(13)10(11(17)12(8)19-2)7(14)3-4-9(15)16/h5,7,17H,3-4,14H2,1-2H3,(H,15,16). The third kappa shape index (κ3) is 3.42. The molecule has 1 aromatic rings. The van der Waals surface area contributed by atoms with Crippen LogP contribution in [-0.2, 0) is 4.79 Å². The molecule has 1 unspecified atom stereocenters. The Morgan fingerprint density at radius 1 is 1.47 bits per heavy atom. The molecule has 0 saturated carbocycles. The number of aliphatic carboxylic acids is 1. The van der Waals surface area contributed by atoms with Gasteiger partial charge in [-0.05, 0) is 6.42 Å². The third-order valence-corrected chi connectivity index (χ3v) is 2.99. The number of carboxylic acid groups (broad SMARTS) is 1. The van der Waals surface area contributed by atoms with E-state index in [4.69, 9.17) is 31.9 Å². The van der Waals surface area contributed by atoms with Crippen molar-refractivity contribution in [3.63, 3.8) is 0 Å². The Balaban J connectivity index is 3.16. The second-order valence-corrected chi connectivity index (χ2v) is 4.30. The zero-order valence-corrected chi connectivity index (χ0v) is 11.4. The number of rotatable bonds is 6. The van der Waals surface area contributed by atoms with E-state index < -0.39 is 12.0 Å². The summed E-state index contributed by atoms with van der Waals surface area (Å²) < 4.78 is 10.1. The number of phenols is 1. The maximum absolute atomic E-state index is 10.5. The van der Waals surface area contributed by atoms with Crippen LogP contribution in [0, 0.1) is 0 Å². The first-order chi connectivity index (χ1) is 8.92. The van der Waals surface area contributed by atoms with Crippen molar-refractivity contribution in [2.24, 2.45) is 5.73 Å². The van der Waals surface area contributed by atoms with Gasteiger partial charge in [0.2, 0.25) is 5.75 Å². The minimum Gasteiger partial charge on any atom is -0.504 e. The lowest BCUT2D eigenvalue weighted by Gasteiger charge is -2.18. The third-order valence-electron chi connectivity index (χ3n) is 2.67. The fourth-order valence-electron chi connectivity index (χ4n) is 1.74. The van der Waals surface area contributed by atoms with Crippen molar-refractivity contribution in [2.75, 3.05) is 14.2 Å². The highest BCUT2D eigenvalue weighted by molar-refractivity contribution is 6.32. The molecule has 0 spiro atoms. The van der Waals surface area contributed by atoms with Crippen molar-refractivity contribution in [1.29, 1.82) is 0 Å². The number of hydrogen-bond donors (Lipinski definition) is 3. The number of aromatic hydroxyl groups is 1. The monoisotopic (exact) mass is 289 g/mol. The molecule has 19 heavy (non-hydrogen) atoms. The minimum atomic E-state index is -0.966. The van der Waals surface area contributed by atoms with Gasteiger partial charge < -0.3 is 25.4 Å². The molecule has 0 saturated heterocycles. The SMILES string of the molecule is COc1cc(Cl)c(C(N)CCC(=O)O)c(O)c1OC. The summed E-state index contributed by atoms with van der Waals surface area (Å²) in [4.78, 5) is 10.5. The quantitative estimate of drug-likeness (QED) is 0.739. The van der Waals surface area contributed by atoms with Crippen molar-refractivity contribution in [3.8, 4) is 17.2 Å². The number of hydrogen-bond acceptors (Lipinski definition) is 5. The van der Waals surface area contributed by atoms with Crippen LogP contribution in [0.15, 0.2) is 6.07 Å². The van der Waals surface area contributed by atoms with Gasteiger partial charge in [0.15, 0.2) is 11.5 Å². The smallest absolute Gasteiger partial charge is 0.303 e. The van der Waals surface area contributed by atoms with Gasteiger partial charge in [-0.1, -0.05) is 11.6 Å². The van der Waals surface area contributed by atoms with Crippen LogP contribution in [0.5, 0.6) is 17.2 Å². The lowest BCUT2D eigenvalue weighted by atomic mass is 10.0. The molecule has 0 aliphatic rings. The van der Waals surface area contributed by atoms with Gasteiger partial charge in [-0.2, -0.15) is 0 Å². The first-order valence-electron chi connectivity index (χ1n) is 5.53. The first-order valence-corrected chi connectivity index (χ1v) is 5.90. The van der Waals surface area contributed by atoms with Crippen molar-refractivity contribution < 1.29 is 24.5 Å². The second kappa shape index (κ2) is 6.49. The van der Waals surface area contributed by atoms with Gasteiger partial charge in [0, 0.05) is 24.1 Å². The molecular weight excluding hydrogens is 274 g/mol. The van der Waals surface area contributed by atoms with Gasteiger partial charge in [-0.3, -0.25) is 4.79 Å². The average Bonchev–Trinajstić information content (AvgIpc) is 2.35. The molecule has 0 fully saturated rings. The zero-order chi connectivity index (χ0) is 14.6. The van der Waals surface area contributed by atoms with Gasteiger partial charge in [0.05, 0.1) is 19.2 Å². The van der Waals surface area contributed by atoms with Crippen LogP contribution in [0.2, 0.25) is 5.02 Å². The number of phenolic OH excluding ortho intramolecular Hbond substituents is 1. The summed E-state index contributed by atoms with van der Waals surface area (Å²) >= 11 is 6.03. The molecule has 0 aliphatic heterocycles. The van der Waals surface area contributed by atoms with E-state index in [0.717, 1.165) is 0 Å². The highest BCUT2D eigenvalue weighted by Gasteiger charge is 2.23. The number of halogens is 1. The lowest BCUT2D eigenvalue weighted by molar-refractivity contribution is -0.137. The number of carbonyl (C=O) groups is 1. The Kier molecular flexibility index (Phi) is 5.26. The van der Waals surface area contributed by atoms with Crippen molar-refractivity contribution in [3.05, 3.63) is 16.7 Å². The maximum atomic E-state index is 10.5. The van der Waals surface area contributed by atoms with Crippen LogP contribution in [0.4, 0.5) is 0 Å². The summed E-state index contributed by atoms with van der Waals surface area (Å²) in [5.41, 5.74) is 6.11. The molecule has 7 heteroatoms. The molecule has 0 bridgehead atoms. The van der Waals surface area contributed by atoms with E-state index in [2.05, 4.69) is 0 Å². The largest absolute Gasteiger partial charge is 0.504 e. The molecule has 4 N–H and O–H groups in total. The molecule has 1 aromatic carbocycles. The van der Waals surface area contributed by atoms with Crippen molar-refractivity contribution in [2.45, 2.75) is 18.9 Å². The van der Waals surface area contributed by atoms with E-state index in [0.29, 0.717) is 0 Å². The molecule has 1 rings (SSSR count). The van der Waals surface area contributed by atoms with Crippen LogP contribution in [-0.4, -0.2) is 30.4 Å². The molecule has 6 nitrogen and oxygen atoms in total. The van der Waals surface area contributed by atoms with Gasteiger partial charge in [0.25, 0.3) is 0 Å². The number of methoxy groups -OCH3 is 2. The topological polar surface area (TPSA) is 102 Å². The zero-order valence-electron chi connectivity index (χ0n) is 10.6. The van der Waals surface area contributed by atoms with Crippen molar-refractivity contribution >= 4 is 17.6 Å². The number of carboxylic acids is 1. The number of nitrogens with two attached hydrogens (primary N) is 1. The van der Waals surface area contributed by atoms with Gasteiger partial charge in [-0.25, -0.2) is 0 Å². The van der Waals surface area contributed by atoms with Gasteiger partial charge in [-0.15, -0.1) is 0 Å². The van der Waals surface area contributed by atoms with E-state index in [9.17, 15) is 9.90 Å². The molecule has 0 aliphatic carbocycles.